The van der Waals surface area contributed by atoms with Crippen LogP contribution in [0.2, 0.25) is 10.0 Å². The number of carboxylic acid groups (broad SMARTS) is 1. The fourth-order valence-electron chi connectivity index (χ4n) is 1.12. The van der Waals surface area contributed by atoms with Gasteiger partial charge in [-0.1, -0.05) is 29.3 Å². The van der Waals surface area contributed by atoms with Crippen molar-refractivity contribution in [2.24, 2.45) is 5.16 Å². The van der Waals surface area contributed by atoms with E-state index in [4.69, 9.17) is 28.3 Å². The second-order valence-electron chi connectivity index (χ2n) is 3.19. The number of carboxylic acids is 1. The lowest BCUT2D eigenvalue weighted by molar-refractivity contribution is 0.0697. The van der Waals surface area contributed by atoms with E-state index in [9.17, 15) is 10.0 Å². The van der Waals surface area contributed by atoms with Crippen LogP contribution in [0.4, 0.5) is 0 Å². The Morgan fingerprint density at radius 2 is 2.12 bits per heavy atom. The molecule has 4 nitrogen and oxygen atoms in total. The number of carbonyl (C=O) groups is 1. The van der Waals surface area contributed by atoms with Gasteiger partial charge in [-0.15, -0.1) is 0 Å². The lowest BCUT2D eigenvalue weighted by Crippen LogP contribution is -1.98. The smallest absolute Gasteiger partial charge is 0.337 e. The Balaban J connectivity index is 3.28. The molecule has 0 radical (unpaired) electrons. The van der Waals surface area contributed by atoms with Crippen LogP contribution in [0.3, 0.4) is 0 Å². The predicted octanol–water partition coefficient (Wildman–Crippen LogP) is 3.66. The first-order valence-corrected chi connectivity index (χ1v) is 5.29. The first-order chi connectivity index (χ1) is 7.97. The Morgan fingerprint density at radius 1 is 1.47 bits per heavy atom. The lowest BCUT2D eigenvalue weighted by Gasteiger charge is -2.05. The summed E-state index contributed by atoms with van der Waals surface area (Å²) in [5, 5.41) is 22.1. The van der Waals surface area contributed by atoms with Crippen LogP contribution in [0.25, 0.3) is 6.08 Å². The summed E-state index contributed by atoms with van der Waals surface area (Å²) in [4.78, 5) is 10.9. The van der Waals surface area contributed by atoms with Crippen LogP contribution in [0.1, 0.15) is 22.8 Å². The number of hydrogen-bond acceptors (Lipinski definition) is 3. The van der Waals surface area contributed by atoms with Crippen LogP contribution in [-0.2, 0) is 0 Å². The van der Waals surface area contributed by atoms with E-state index in [1.54, 1.807) is 0 Å². The minimum absolute atomic E-state index is 0.0277. The van der Waals surface area contributed by atoms with Gasteiger partial charge in [0.1, 0.15) is 0 Å². The molecule has 0 aliphatic heterocycles. The maximum Gasteiger partial charge on any atom is 0.337 e. The molecule has 0 heterocycles. The maximum atomic E-state index is 10.9. The van der Waals surface area contributed by atoms with E-state index in [2.05, 4.69) is 5.16 Å². The van der Waals surface area contributed by atoms with Crippen molar-refractivity contribution in [3.8, 4) is 0 Å². The maximum absolute atomic E-state index is 10.9. The number of halogens is 2. The monoisotopic (exact) mass is 272 g/mol. The van der Waals surface area contributed by atoms with Gasteiger partial charge in [0.15, 0.2) is 0 Å². The molecule has 1 rings (SSSR count). The Morgan fingerprint density at radius 3 is 2.65 bits per heavy atom. The Hall–Kier alpha value is -1.52. The van der Waals surface area contributed by atoms with Gasteiger partial charge in [-0.25, -0.2) is 4.79 Å². The van der Waals surface area contributed by atoms with E-state index in [0.29, 0.717) is 10.6 Å². The molecule has 1 aromatic rings. The third kappa shape index (κ3) is 3.22. The highest BCUT2D eigenvalue weighted by molar-refractivity contribution is 6.39. The van der Waals surface area contributed by atoms with Gasteiger partial charge >= 0.3 is 5.97 Å². The molecule has 0 unspecified atom stereocenters. The van der Waals surface area contributed by atoms with Gasteiger partial charge in [-0.3, -0.25) is 0 Å². The number of rotatable bonds is 3. The van der Waals surface area contributed by atoms with Crippen LogP contribution < -0.4 is 0 Å². The summed E-state index contributed by atoms with van der Waals surface area (Å²) in [5.74, 6) is -1.14. The van der Waals surface area contributed by atoms with Crippen molar-refractivity contribution in [2.45, 2.75) is 6.92 Å². The summed E-state index contributed by atoms with van der Waals surface area (Å²) in [6.07, 6.45) is 2.86. The number of nitrogens with zero attached hydrogens (tertiary/aromatic N) is 1. The molecule has 6 heteroatoms. The number of hydrogen-bond donors (Lipinski definition) is 1. The van der Waals surface area contributed by atoms with Crippen molar-refractivity contribution >= 4 is 41.0 Å². The Kier molecular flexibility index (Phi) is 4.54. The van der Waals surface area contributed by atoms with E-state index in [-0.39, 0.29) is 16.3 Å². The molecule has 1 N–H and O–H groups in total. The van der Waals surface area contributed by atoms with Gasteiger partial charge in [0.2, 0.25) is 0 Å². The van der Waals surface area contributed by atoms with Crippen LogP contribution in [0.15, 0.2) is 23.4 Å². The Bertz CT molecular complexity index is 510. The van der Waals surface area contributed by atoms with E-state index in [0.717, 1.165) is 0 Å². The molecule has 0 amide bonds. The molecule has 0 saturated carbocycles. The van der Waals surface area contributed by atoms with Crippen molar-refractivity contribution in [3.05, 3.63) is 44.6 Å². The quantitative estimate of drug-likeness (QED) is 0.674. The van der Waals surface area contributed by atoms with E-state index in [1.807, 2.05) is 0 Å². The minimum Gasteiger partial charge on any atom is -0.792 e. The van der Waals surface area contributed by atoms with Gasteiger partial charge < -0.3 is 15.5 Å². The number of benzene rings is 1. The van der Waals surface area contributed by atoms with E-state index < -0.39 is 5.97 Å². The molecule has 0 saturated heterocycles. The minimum atomic E-state index is -1.14. The molecule has 0 bridgehead atoms. The molecule has 1 aromatic carbocycles. The first kappa shape index (κ1) is 13.5. The van der Waals surface area contributed by atoms with Crippen molar-refractivity contribution in [1.29, 1.82) is 0 Å². The zero-order valence-corrected chi connectivity index (χ0v) is 10.3. The van der Waals surface area contributed by atoms with E-state index in [1.165, 1.54) is 31.2 Å². The summed E-state index contributed by atoms with van der Waals surface area (Å²) in [7, 11) is 0. The molecule has 0 aliphatic carbocycles. The van der Waals surface area contributed by atoms with Crippen molar-refractivity contribution < 1.29 is 9.90 Å². The predicted molar refractivity (Wildman–Crippen MR) is 68.9 cm³/mol. The molecule has 0 aromatic heterocycles. The second-order valence-corrected chi connectivity index (χ2v) is 3.98. The van der Waals surface area contributed by atoms with Gasteiger partial charge in [0.25, 0.3) is 0 Å². The Labute approximate surface area is 108 Å². The van der Waals surface area contributed by atoms with Gasteiger partial charge in [-0.05, 0) is 25.1 Å². The molecule has 0 spiro atoms. The first-order valence-electron chi connectivity index (χ1n) is 4.53. The van der Waals surface area contributed by atoms with Crippen LogP contribution in [0.5, 0.6) is 0 Å². The summed E-state index contributed by atoms with van der Waals surface area (Å²) in [5.41, 5.74) is 0.529. The molecule has 17 heavy (non-hydrogen) atoms. The zero-order valence-electron chi connectivity index (χ0n) is 8.78. The topological polar surface area (TPSA) is 72.7 Å². The summed E-state index contributed by atoms with van der Waals surface area (Å²) < 4.78 is 0. The van der Waals surface area contributed by atoms with Crippen molar-refractivity contribution in [1.82, 2.24) is 0 Å². The normalized spacial score (nSPS) is 12.1. The third-order valence-corrected chi connectivity index (χ3v) is 2.73. The van der Waals surface area contributed by atoms with Crippen LogP contribution in [0, 0.1) is 5.21 Å². The average Bonchev–Trinajstić information content (AvgIpc) is 2.27. The summed E-state index contributed by atoms with van der Waals surface area (Å²) in [6.45, 7) is 1.51. The van der Waals surface area contributed by atoms with Crippen LogP contribution in [-0.4, -0.2) is 16.8 Å². The standard InChI is InChI=1S/C11H9Cl2NO3/c1-6(14-17)2-3-7-9(12)5-4-8(10(7)13)11(15)16/h2-5,17H,1H3,(H,15,16)/p-1/b3-2+,14-6-. The highest BCUT2D eigenvalue weighted by atomic mass is 35.5. The second kappa shape index (κ2) is 5.70. The molecular formula is C11H8Cl2NO3-. The highest BCUT2D eigenvalue weighted by Crippen LogP contribution is 2.29. The number of aromatic carboxylic acids is 1. The number of allylic oxidation sites excluding steroid dienone is 1. The van der Waals surface area contributed by atoms with Crippen molar-refractivity contribution in [3.63, 3.8) is 0 Å². The average molecular weight is 273 g/mol. The summed E-state index contributed by atoms with van der Waals surface area (Å²) >= 11 is 11.8. The van der Waals surface area contributed by atoms with E-state index >= 15 is 0 Å². The molecule has 0 atom stereocenters. The fourth-order valence-corrected chi connectivity index (χ4v) is 1.70. The molecular weight excluding hydrogens is 265 g/mol. The molecule has 90 valence electrons. The third-order valence-electron chi connectivity index (χ3n) is 1.99. The largest absolute Gasteiger partial charge is 0.792 e. The van der Waals surface area contributed by atoms with Gasteiger partial charge in [0, 0.05) is 16.3 Å². The fraction of sp³-hybridized carbons (Fsp3) is 0.0909. The van der Waals surface area contributed by atoms with Gasteiger partial charge in [0.05, 0.1) is 10.6 Å². The highest BCUT2D eigenvalue weighted by Gasteiger charge is 2.13. The molecule has 0 aliphatic rings. The van der Waals surface area contributed by atoms with Crippen molar-refractivity contribution in [2.75, 3.05) is 0 Å². The SMILES string of the molecule is CC(/C=C/c1c(Cl)ccc(C(=O)O)c1Cl)=N/[O-]. The zero-order chi connectivity index (χ0) is 13.0. The van der Waals surface area contributed by atoms with Gasteiger partial charge in [-0.2, -0.15) is 0 Å². The summed E-state index contributed by atoms with van der Waals surface area (Å²) in [6, 6.07) is 2.75. The lowest BCUT2D eigenvalue weighted by atomic mass is 10.1. The van der Waals surface area contributed by atoms with Crippen LogP contribution >= 0.6 is 23.2 Å². The molecule has 0 fully saturated rings.